The van der Waals surface area contributed by atoms with Gasteiger partial charge in [0.05, 0.1) is 11.6 Å². The fourth-order valence-corrected chi connectivity index (χ4v) is 3.18. The summed E-state index contributed by atoms with van der Waals surface area (Å²) >= 11 is 0. The summed E-state index contributed by atoms with van der Waals surface area (Å²) in [7, 11) is 1.85. The molecule has 2 nitrogen and oxygen atoms in total. The first-order valence-corrected chi connectivity index (χ1v) is 8.54. The second kappa shape index (κ2) is 9.22. The van der Waals surface area contributed by atoms with Crippen molar-refractivity contribution in [2.45, 2.75) is 71.4 Å². The van der Waals surface area contributed by atoms with Crippen molar-refractivity contribution in [3.05, 3.63) is 35.4 Å². The number of hydrogen-bond acceptors (Lipinski definition) is 2. The average Bonchev–Trinajstić information content (AvgIpc) is 2.52. The Bertz CT molecular complexity index is 390. The van der Waals surface area contributed by atoms with Crippen molar-refractivity contribution in [3.8, 4) is 0 Å². The van der Waals surface area contributed by atoms with Crippen molar-refractivity contribution in [3.63, 3.8) is 0 Å². The average molecular weight is 291 g/mol. The molecule has 0 aliphatic carbocycles. The van der Waals surface area contributed by atoms with Crippen molar-refractivity contribution in [2.75, 3.05) is 13.7 Å². The quantitative estimate of drug-likeness (QED) is 0.663. The molecule has 0 saturated heterocycles. The van der Waals surface area contributed by atoms with E-state index in [2.05, 4.69) is 57.3 Å². The van der Waals surface area contributed by atoms with Crippen molar-refractivity contribution >= 4 is 0 Å². The third-order valence-corrected chi connectivity index (χ3v) is 4.55. The van der Waals surface area contributed by atoms with Crippen LogP contribution in [0, 0.1) is 0 Å². The van der Waals surface area contributed by atoms with Gasteiger partial charge in [0.2, 0.25) is 0 Å². The van der Waals surface area contributed by atoms with Crippen molar-refractivity contribution < 1.29 is 4.74 Å². The van der Waals surface area contributed by atoms with Crippen molar-refractivity contribution in [1.29, 1.82) is 0 Å². The smallest absolute Gasteiger partial charge is 0.0867 e. The summed E-state index contributed by atoms with van der Waals surface area (Å²) < 4.78 is 5.99. The van der Waals surface area contributed by atoms with Crippen LogP contribution in [-0.4, -0.2) is 19.3 Å². The molecule has 0 radical (unpaired) electrons. The van der Waals surface area contributed by atoms with Crippen LogP contribution in [0.5, 0.6) is 0 Å². The maximum atomic E-state index is 5.99. The van der Waals surface area contributed by atoms with E-state index >= 15 is 0 Å². The maximum absolute atomic E-state index is 5.99. The van der Waals surface area contributed by atoms with Crippen LogP contribution in [0.1, 0.15) is 70.5 Å². The molecule has 0 heterocycles. The lowest BCUT2D eigenvalue weighted by Crippen LogP contribution is -2.45. The monoisotopic (exact) mass is 291 g/mol. The molecule has 1 aromatic rings. The third kappa shape index (κ3) is 4.55. The fourth-order valence-electron chi connectivity index (χ4n) is 3.18. The Balaban J connectivity index is 3.14. The Morgan fingerprint density at radius 1 is 1.10 bits per heavy atom. The normalized spacial score (nSPS) is 13.4. The molecule has 0 fully saturated rings. The summed E-state index contributed by atoms with van der Waals surface area (Å²) in [6.45, 7) is 9.92. The minimum atomic E-state index is -0.125. The van der Waals surface area contributed by atoms with E-state index in [1.54, 1.807) is 0 Å². The summed E-state index contributed by atoms with van der Waals surface area (Å²) in [5.74, 6) is 0. The first-order valence-electron chi connectivity index (χ1n) is 8.54. The highest BCUT2D eigenvalue weighted by Crippen LogP contribution is 2.35. The van der Waals surface area contributed by atoms with Gasteiger partial charge in [0.1, 0.15) is 0 Å². The topological polar surface area (TPSA) is 21.3 Å². The summed E-state index contributed by atoms with van der Waals surface area (Å²) in [5.41, 5.74) is 2.66. The zero-order valence-electron chi connectivity index (χ0n) is 14.5. The Morgan fingerprint density at radius 2 is 1.81 bits per heavy atom. The summed E-state index contributed by atoms with van der Waals surface area (Å²) in [6.07, 6.45) is 5.50. The first kappa shape index (κ1) is 18.2. The second-order valence-corrected chi connectivity index (χ2v) is 5.86. The van der Waals surface area contributed by atoms with Gasteiger partial charge in [-0.2, -0.15) is 0 Å². The Morgan fingerprint density at radius 3 is 2.33 bits per heavy atom. The van der Waals surface area contributed by atoms with E-state index in [-0.39, 0.29) is 11.6 Å². The largest absolute Gasteiger partial charge is 0.376 e. The van der Waals surface area contributed by atoms with E-state index in [1.165, 1.54) is 17.5 Å². The van der Waals surface area contributed by atoms with Gasteiger partial charge in [-0.3, -0.25) is 0 Å². The molecule has 0 aliphatic heterocycles. The van der Waals surface area contributed by atoms with E-state index in [4.69, 9.17) is 4.74 Å². The van der Waals surface area contributed by atoms with Gasteiger partial charge in [-0.15, -0.1) is 0 Å². The van der Waals surface area contributed by atoms with E-state index in [9.17, 15) is 0 Å². The molecule has 1 atom stereocenters. The van der Waals surface area contributed by atoms with E-state index < -0.39 is 0 Å². The number of aryl methyl sites for hydroxylation is 1. The summed E-state index contributed by atoms with van der Waals surface area (Å²) in [4.78, 5) is 0. The highest BCUT2D eigenvalue weighted by molar-refractivity contribution is 5.28. The molecule has 0 saturated carbocycles. The molecular formula is C19H33NO. The molecular weight excluding hydrogens is 258 g/mol. The van der Waals surface area contributed by atoms with Gasteiger partial charge in [-0.25, -0.2) is 0 Å². The number of methoxy groups -OCH3 is 1. The predicted octanol–water partition coefficient (Wildman–Crippen LogP) is 4.89. The second-order valence-electron chi connectivity index (χ2n) is 5.86. The molecule has 0 spiro atoms. The van der Waals surface area contributed by atoms with E-state index in [0.29, 0.717) is 0 Å². The summed E-state index contributed by atoms with van der Waals surface area (Å²) in [6, 6.07) is 9.28. The molecule has 21 heavy (non-hydrogen) atoms. The molecule has 1 unspecified atom stereocenters. The lowest BCUT2D eigenvalue weighted by Gasteiger charge is -2.39. The predicted molar refractivity (Wildman–Crippen MR) is 91.8 cm³/mol. The molecule has 0 amide bonds. The molecule has 1 rings (SSSR count). The third-order valence-electron chi connectivity index (χ3n) is 4.55. The maximum Gasteiger partial charge on any atom is 0.0867 e. The Hall–Kier alpha value is -0.860. The molecule has 1 aromatic carbocycles. The van der Waals surface area contributed by atoms with Gasteiger partial charge in [0.15, 0.2) is 0 Å². The standard InChI is InChI=1S/C19H33NO/c1-6-11-16-12-10-13-17(15-16)18(20-14-7-2)19(8-3,9-4)21-5/h10,12-13,15,18,20H,6-9,11,14H2,1-5H3. The van der Waals surface area contributed by atoms with E-state index in [1.807, 2.05) is 7.11 Å². The SMILES string of the molecule is CCCNC(c1cccc(CCC)c1)C(CC)(CC)OC. The fraction of sp³-hybridized carbons (Fsp3) is 0.684. The minimum absolute atomic E-state index is 0.125. The summed E-state index contributed by atoms with van der Waals surface area (Å²) in [5, 5.41) is 3.72. The van der Waals surface area contributed by atoms with Crippen LogP contribution in [0.4, 0.5) is 0 Å². The number of benzene rings is 1. The van der Waals surface area contributed by atoms with Crippen LogP contribution in [-0.2, 0) is 11.2 Å². The van der Waals surface area contributed by atoms with Gasteiger partial charge in [-0.1, -0.05) is 58.4 Å². The molecule has 0 bridgehead atoms. The van der Waals surface area contributed by atoms with Crippen LogP contribution < -0.4 is 5.32 Å². The van der Waals surface area contributed by atoms with Gasteiger partial charge in [0, 0.05) is 7.11 Å². The van der Waals surface area contributed by atoms with Crippen molar-refractivity contribution in [2.24, 2.45) is 0 Å². The van der Waals surface area contributed by atoms with Crippen LogP contribution in [0.2, 0.25) is 0 Å². The van der Waals surface area contributed by atoms with Crippen LogP contribution in [0.25, 0.3) is 0 Å². The minimum Gasteiger partial charge on any atom is -0.376 e. The molecule has 0 aromatic heterocycles. The Labute approximate surface area is 131 Å². The first-order chi connectivity index (χ1) is 10.2. The highest BCUT2D eigenvalue weighted by Gasteiger charge is 2.36. The lowest BCUT2D eigenvalue weighted by molar-refractivity contribution is -0.0485. The van der Waals surface area contributed by atoms with Gasteiger partial charge in [-0.05, 0) is 43.4 Å². The Kier molecular flexibility index (Phi) is 7.98. The number of hydrogen-bond donors (Lipinski definition) is 1. The molecule has 120 valence electrons. The number of ether oxygens (including phenoxy) is 1. The molecule has 0 aliphatic rings. The number of rotatable bonds is 10. The molecule has 2 heteroatoms. The zero-order chi connectivity index (χ0) is 15.7. The number of nitrogens with one attached hydrogen (secondary N) is 1. The highest BCUT2D eigenvalue weighted by atomic mass is 16.5. The van der Waals surface area contributed by atoms with Crippen LogP contribution in [0.3, 0.4) is 0 Å². The van der Waals surface area contributed by atoms with E-state index in [0.717, 1.165) is 32.2 Å². The van der Waals surface area contributed by atoms with Gasteiger partial charge in [0.25, 0.3) is 0 Å². The zero-order valence-corrected chi connectivity index (χ0v) is 14.5. The van der Waals surface area contributed by atoms with Gasteiger partial charge < -0.3 is 10.1 Å². The lowest BCUT2D eigenvalue weighted by atomic mass is 9.83. The van der Waals surface area contributed by atoms with Gasteiger partial charge >= 0.3 is 0 Å². The van der Waals surface area contributed by atoms with Crippen LogP contribution >= 0.6 is 0 Å². The van der Waals surface area contributed by atoms with Crippen LogP contribution in [0.15, 0.2) is 24.3 Å². The van der Waals surface area contributed by atoms with Crippen molar-refractivity contribution in [1.82, 2.24) is 5.32 Å². The molecule has 1 N–H and O–H groups in total.